The lowest BCUT2D eigenvalue weighted by molar-refractivity contribution is 0.602. The summed E-state index contributed by atoms with van der Waals surface area (Å²) in [4.78, 5) is 4.30. The van der Waals surface area contributed by atoms with Crippen molar-refractivity contribution in [1.82, 2.24) is 15.2 Å². The minimum Gasteiger partial charge on any atom is -0.365 e. The van der Waals surface area contributed by atoms with Crippen LogP contribution in [0.2, 0.25) is 0 Å². The predicted octanol–water partition coefficient (Wildman–Crippen LogP) is 1.98. The molecule has 1 saturated heterocycles. The van der Waals surface area contributed by atoms with Gasteiger partial charge in [-0.2, -0.15) is 10.1 Å². The molecule has 116 valence electrons. The maximum absolute atomic E-state index is 11.5. The van der Waals surface area contributed by atoms with Gasteiger partial charge in [-0.25, -0.2) is 8.42 Å². The number of anilines is 3. The summed E-state index contributed by atoms with van der Waals surface area (Å²) in [6, 6.07) is 7.47. The van der Waals surface area contributed by atoms with Gasteiger partial charge in [-0.1, -0.05) is 22.0 Å². The molecule has 1 aliphatic rings. The average molecular weight is 384 g/mol. The van der Waals surface area contributed by atoms with Crippen molar-refractivity contribution in [1.29, 1.82) is 0 Å². The van der Waals surface area contributed by atoms with Crippen LogP contribution < -0.4 is 10.6 Å². The van der Waals surface area contributed by atoms with Gasteiger partial charge in [0.25, 0.3) is 0 Å². The van der Waals surface area contributed by atoms with Gasteiger partial charge in [0.1, 0.15) is 0 Å². The summed E-state index contributed by atoms with van der Waals surface area (Å²) in [5.74, 6) is 1.20. The van der Waals surface area contributed by atoms with E-state index in [1.165, 1.54) is 6.20 Å². The van der Waals surface area contributed by atoms with E-state index in [9.17, 15) is 8.42 Å². The van der Waals surface area contributed by atoms with Gasteiger partial charge in [0.2, 0.25) is 5.95 Å². The van der Waals surface area contributed by atoms with Crippen LogP contribution in [0.15, 0.2) is 34.9 Å². The molecule has 0 aliphatic carbocycles. The second kappa shape index (κ2) is 6.17. The molecule has 3 rings (SSSR count). The number of hydrogen-bond acceptors (Lipinski definition) is 7. The number of hydrogen-bond donors (Lipinski definition) is 2. The maximum Gasteiger partial charge on any atom is 0.249 e. The molecule has 2 heterocycles. The maximum atomic E-state index is 11.5. The number of sulfone groups is 1. The fourth-order valence-corrected chi connectivity index (χ4v) is 4.31. The molecule has 0 saturated carbocycles. The zero-order valence-corrected chi connectivity index (χ0v) is 13.9. The number of rotatable bonds is 4. The number of nitrogens with zero attached hydrogens (tertiary/aromatic N) is 3. The topological polar surface area (TPSA) is 96.9 Å². The largest absolute Gasteiger partial charge is 0.365 e. The smallest absolute Gasteiger partial charge is 0.249 e. The molecule has 0 amide bonds. The third kappa shape index (κ3) is 3.92. The van der Waals surface area contributed by atoms with E-state index in [2.05, 4.69) is 41.7 Å². The SMILES string of the molecule is O=S1(=O)CCC(Nc2cnnc(Nc3cccc(Br)c3)n2)C1. The lowest BCUT2D eigenvalue weighted by Gasteiger charge is -2.11. The average Bonchev–Trinajstić information content (AvgIpc) is 2.78. The van der Waals surface area contributed by atoms with E-state index < -0.39 is 9.84 Å². The van der Waals surface area contributed by atoms with Crippen molar-refractivity contribution in [2.24, 2.45) is 0 Å². The first-order chi connectivity index (χ1) is 10.5. The zero-order chi connectivity index (χ0) is 15.6. The van der Waals surface area contributed by atoms with E-state index >= 15 is 0 Å². The molecule has 1 atom stereocenters. The fraction of sp³-hybridized carbons (Fsp3) is 0.308. The summed E-state index contributed by atoms with van der Waals surface area (Å²) in [6.45, 7) is 0. The van der Waals surface area contributed by atoms with E-state index in [0.29, 0.717) is 18.2 Å². The summed E-state index contributed by atoms with van der Waals surface area (Å²) >= 11 is 3.39. The molecule has 1 aliphatic heterocycles. The highest BCUT2D eigenvalue weighted by molar-refractivity contribution is 9.10. The molecule has 1 unspecified atom stereocenters. The Hall–Kier alpha value is -1.74. The van der Waals surface area contributed by atoms with Crippen LogP contribution in [0.1, 0.15) is 6.42 Å². The van der Waals surface area contributed by atoms with E-state index in [0.717, 1.165) is 10.2 Å². The molecular weight excluding hydrogens is 370 g/mol. The number of halogens is 1. The lowest BCUT2D eigenvalue weighted by atomic mass is 10.3. The number of aromatic nitrogens is 3. The highest BCUT2D eigenvalue weighted by Crippen LogP contribution is 2.20. The van der Waals surface area contributed by atoms with E-state index in [1.54, 1.807) is 0 Å². The van der Waals surface area contributed by atoms with Gasteiger partial charge in [-0.3, -0.25) is 0 Å². The highest BCUT2D eigenvalue weighted by Gasteiger charge is 2.28. The van der Waals surface area contributed by atoms with Crippen LogP contribution in [-0.2, 0) is 9.84 Å². The van der Waals surface area contributed by atoms with Crippen molar-refractivity contribution in [3.05, 3.63) is 34.9 Å². The van der Waals surface area contributed by atoms with E-state index in [4.69, 9.17) is 0 Å². The minimum atomic E-state index is -2.93. The minimum absolute atomic E-state index is 0.125. The second-order valence-corrected chi connectivity index (χ2v) is 8.19. The van der Waals surface area contributed by atoms with Crippen LogP contribution in [0.25, 0.3) is 0 Å². The van der Waals surface area contributed by atoms with Crippen LogP contribution in [-0.4, -0.2) is 41.1 Å². The monoisotopic (exact) mass is 383 g/mol. The molecule has 1 fully saturated rings. The van der Waals surface area contributed by atoms with Crippen molar-refractivity contribution in [2.45, 2.75) is 12.5 Å². The summed E-state index contributed by atoms with van der Waals surface area (Å²) in [7, 11) is -2.93. The third-order valence-electron chi connectivity index (χ3n) is 3.22. The molecule has 7 nitrogen and oxygen atoms in total. The van der Waals surface area contributed by atoms with Gasteiger partial charge in [-0.05, 0) is 24.6 Å². The van der Waals surface area contributed by atoms with Gasteiger partial charge < -0.3 is 10.6 Å². The van der Waals surface area contributed by atoms with Crippen molar-refractivity contribution < 1.29 is 8.42 Å². The summed E-state index contributed by atoms with van der Waals surface area (Å²) in [5.41, 5.74) is 0.830. The number of benzene rings is 1. The van der Waals surface area contributed by atoms with Crippen molar-refractivity contribution >= 4 is 43.2 Å². The molecular formula is C13H14BrN5O2S. The Balaban J connectivity index is 1.70. The molecule has 0 radical (unpaired) electrons. The molecule has 9 heteroatoms. The van der Waals surface area contributed by atoms with Crippen LogP contribution >= 0.6 is 15.9 Å². The Morgan fingerprint density at radius 1 is 1.32 bits per heavy atom. The van der Waals surface area contributed by atoms with Gasteiger partial charge in [-0.15, -0.1) is 5.10 Å². The first-order valence-electron chi connectivity index (χ1n) is 6.69. The molecule has 22 heavy (non-hydrogen) atoms. The van der Waals surface area contributed by atoms with Crippen molar-refractivity contribution in [3.63, 3.8) is 0 Å². The van der Waals surface area contributed by atoms with Gasteiger partial charge in [0.05, 0.1) is 17.7 Å². The van der Waals surface area contributed by atoms with Crippen LogP contribution in [0.3, 0.4) is 0 Å². The van der Waals surface area contributed by atoms with Crippen LogP contribution in [0.4, 0.5) is 17.5 Å². The van der Waals surface area contributed by atoms with Gasteiger partial charge in [0, 0.05) is 16.2 Å². The Bertz CT molecular complexity index is 784. The molecule has 0 spiro atoms. The Morgan fingerprint density at radius 3 is 2.91 bits per heavy atom. The van der Waals surface area contributed by atoms with Crippen LogP contribution in [0, 0.1) is 0 Å². The summed E-state index contributed by atoms with van der Waals surface area (Å²) in [5, 5.41) is 14.0. The summed E-state index contributed by atoms with van der Waals surface area (Å²) in [6.07, 6.45) is 2.07. The van der Waals surface area contributed by atoms with E-state index in [-0.39, 0.29) is 17.5 Å². The normalized spacial score (nSPS) is 19.8. The van der Waals surface area contributed by atoms with Gasteiger partial charge in [0.15, 0.2) is 15.7 Å². The Labute approximate surface area is 136 Å². The highest BCUT2D eigenvalue weighted by atomic mass is 79.9. The Kier molecular flexibility index (Phi) is 4.25. The molecule has 2 N–H and O–H groups in total. The summed E-state index contributed by atoms with van der Waals surface area (Å²) < 4.78 is 23.9. The standard InChI is InChI=1S/C13H14BrN5O2S/c14-9-2-1-3-10(6-9)17-13-18-12(7-15-19-13)16-11-4-5-22(20,21)8-11/h1-3,6-7,11H,4-5,8H2,(H2,16,17,18,19). The fourth-order valence-electron chi connectivity index (χ4n) is 2.24. The molecule has 2 aromatic rings. The number of nitrogens with one attached hydrogen (secondary N) is 2. The van der Waals surface area contributed by atoms with Crippen LogP contribution in [0.5, 0.6) is 0 Å². The first-order valence-corrected chi connectivity index (χ1v) is 9.31. The predicted molar refractivity (Wildman–Crippen MR) is 87.9 cm³/mol. The molecule has 1 aromatic carbocycles. The molecule has 1 aromatic heterocycles. The third-order valence-corrected chi connectivity index (χ3v) is 5.49. The Morgan fingerprint density at radius 2 is 2.18 bits per heavy atom. The lowest BCUT2D eigenvalue weighted by Crippen LogP contribution is -2.21. The molecule has 0 bridgehead atoms. The van der Waals surface area contributed by atoms with Crippen molar-refractivity contribution in [3.8, 4) is 0 Å². The zero-order valence-electron chi connectivity index (χ0n) is 11.5. The van der Waals surface area contributed by atoms with E-state index in [1.807, 2.05) is 24.3 Å². The second-order valence-electron chi connectivity index (χ2n) is 5.04. The van der Waals surface area contributed by atoms with Gasteiger partial charge >= 0.3 is 0 Å². The quantitative estimate of drug-likeness (QED) is 0.832. The van der Waals surface area contributed by atoms with Crippen molar-refractivity contribution in [2.75, 3.05) is 22.1 Å². The first kappa shape index (κ1) is 15.2.